The Hall–Kier alpha value is -1.32. The number of carboxylic acid groups (broad SMARTS) is 2. The smallest absolute Gasteiger partial charge is 0.303 e. The summed E-state index contributed by atoms with van der Waals surface area (Å²) in [5, 5.41) is 17.6. The highest BCUT2D eigenvalue weighted by Crippen LogP contribution is 2.30. The summed E-state index contributed by atoms with van der Waals surface area (Å²) < 4.78 is 0. The zero-order chi connectivity index (χ0) is 26.7. The molecule has 0 aliphatic rings. The van der Waals surface area contributed by atoms with E-state index in [0.29, 0.717) is 18.8 Å². The standard InChI is InChI=1S/C32H60O4/c1-3-5-7-8-9-12-18-25-30(26-20-14-11-16-22-28-32(35)36)29(23-17-6-4-2)24-19-13-10-15-21-27-31(33)34/h25,29H,3-24,26-28H2,1-2H3,(H,33,34)(H,35,36)/b30-25-. The molecule has 1 atom stereocenters. The maximum atomic E-state index is 10.7. The van der Waals surface area contributed by atoms with E-state index in [1.807, 2.05) is 0 Å². The summed E-state index contributed by atoms with van der Waals surface area (Å²) >= 11 is 0. The van der Waals surface area contributed by atoms with Gasteiger partial charge in [-0.2, -0.15) is 0 Å². The quantitative estimate of drug-likeness (QED) is 0.0814. The van der Waals surface area contributed by atoms with Gasteiger partial charge in [-0.3, -0.25) is 9.59 Å². The second-order valence-electron chi connectivity index (χ2n) is 10.9. The summed E-state index contributed by atoms with van der Waals surface area (Å²) in [4.78, 5) is 21.4. The molecule has 0 amide bonds. The fourth-order valence-electron chi connectivity index (χ4n) is 5.17. The van der Waals surface area contributed by atoms with Gasteiger partial charge in [0.05, 0.1) is 0 Å². The highest BCUT2D eigenvalue weighted by atomic mass is 16.4. The summed E-state index contributed by atoms with van der Waals surface area (Å²) in [6.07, 6.45) is 31.1. The van der Waals surface area contributed by atoms with Gasteiger partial charge in [0.15, 0.2) is 0 Å². The third-order valence-corrected chi connectivity index (χ3v) is 7.44. The molecular formula is C32H60O4. The van der Waals surface area contributed by atoms with Crippen molar-refractivity contribution in [3.63, 3.8) is 0 Å². The highest BCUT2D eigenvalue weighted by molar-refractivity contribution is 5.66. The van der Waals surface area contributed by atoms with E-state index in [0.717, 1.165) is 38.5 Å². The number of carbonyl (C=O) groups is 2. The normalized spacial score (nSPS) is 12.7. The van der Waals surface area contributed by atoms with Crippen LogP contribution in [0.3, 0.4) is 0 Å². The minimum atomic E-state index is -0.674. The average molecular weight is 509 g/mol. The van der Waals surface area contributed by atoms with E-state index in [1.54, 1.807) is 5.57 Å². The monoisotopic (exact) mass is 508 g/mol. The van der Waals surface area contributed by atoms with Crippen molar-refractivity contribution in [2.75, 3.05) is 0 Å². The van der Waals surface area contributed by atoms with Crippen LogP contribution in [0, 0.1) is 5.92 Å². The van der Waals surface area contributed by atoms with Gasteiger partial charge in [-0.05, 0) is 57.3 Å². The number of hydrogen-bond acceptors (Lipinski definition) is 2. The SMILES string of the molecule is CCCCCCCC/C=C(/CCCCCCCC(=O)O)C(CCCCC)CCCCCCCC(=O)O. The first-order valence-corrected chi connectivity index (χ1v) is 15.6. The van der Waals surface area contributed by atoms with Crippen LogP contribution in [0.2, 0.25) is 0 Å². The third kappa shape index (κ3) is 24.4. The Morgan fingerprint density at radius 1 is 0.528 bits per heavy atom. The van der Waals surface area contributed by atoms with Crippen molar-refractivity contribution < 1.29 is 19.8 Å². The van der Waals surface area contributed by atoms with E-state index in [4.69, 9.17) is 10.2 Å². The average Bonchev–Trinajstić information content (AvgIpc) is 2.84. The molecule has 4 heteroatoms. The van der Waals surface area contributed by atoms with Gasteiger partial charge in [0.2, 0.25) is 0 Å². The van der Waals surface area contributed by atoms with Crippen LogP contribution in [-0.2, 0) is 9.59 Å². The van der Waals surface area contributed by atoms with Crippen LogP contribution in [0.4, 0.5) is 0 Å². The summed E-state index contributed by atoms with van der Waals surface area (Å²) in [7, 11) is 0. The Morgan fingerprint density at radius 3 is 1.44 bits per heavy atom. The van der Waals surface area contributed by atoms with E-state index in [1.165, 1.54) is 109 Å². The van der Waals surface area contributed by atoms with Crippen LogP contribution in [0.15, 0.2) is 11.6 Å². The molecule has 0 aromatic rings. The Bertz CT molecular complexity index is 540. The van der Waals surface area contributed by atoms with Crippen molar-refractivity contribution in [1.82, 2.24) is 0 Å². The number of aliphatic carboxylic acids is 2. The van der Waals surface area contributed by atoms with Gasteiger partial charge in [0.25, 0.3) is 0 Å². The van der Waals surface area contributed by atoms with Crippen LogP contribution >= 0.6 is 0 Å². The molecule has 0 fully saturated rings. The number of carboxylic acids is 2. The van der Waals surface area contributed by atoms with E-state index in [-0.39, 0.29) is 0 Å². The summed E-state index contributed by atoms with van der Waals surface area (Å²) in [5.74, 6) is -0.637. The second-order valence-corrected chi connectivity index (χ2v) is 10.9. The topological polar surface area (TPSA) is 74.6 Å². The molecule has 0 aromatic heterocycles. The van der Waals surface area contributed by atoms with E-state index >= 15 is 0 Å². The molecule has 1 unspecified atom stereocenters. The lowest BCUT2D eigenvalue weighted by atomic mass is 9.84. The van der Waals surface area contributed by atoms with Crippen molar-refractivity contribution in [2.24, 2.45) is 5.92 Å². The van der Waals surface area contributed by atoms with Crippen molar-refractivity contribution in [2.45, 2.75) is 174 Å². The van der Waals surface area contributed by atoms with Crippen molar-refractivity contribution in [3.8, 4) is 0 Å². The molecule has 0 saturated heterocycles. The molecule has 0 spiro atoms. The van der Waals surface area contributed by atoms with E-state index < -0.39 is 11.9 Å². The zero-order valence-corrected chi connectivity index (χ0v) is 24.0. The minimum Gasteiger partial charge on any atom is -0.481 e. The first kappa shape index (κ1) is 34.7. The minimum absolute atomic E-state index is 0.305. The van der Waals surface area contributed by atoms with Gasteiger partial charge < -0.3 is 10.2 Å². The van der Waals surface area contributed by atoms with Gasteiger partial charge in [-0.1, -0.05) is 122 Å². The van der Waals surface area contributed by atoms with Gasteiger partial charge >= 0.3 is 11.9 Å². The Balaban J connectivity index is 4.73. The van der Waals surface area contributed by atoms with Crippen LogP contribution in [0.1, 0.15) is 174 Å². The van der Waals surface area contributed by atoms with Crippen molar-refractivity contribution in [1.29, 1.82) is 0 Å². The lowest BCUT2D eigenvalue weighted by Crippen LogP contribution is -2.06. The fraction of sp³-hybridized carbons (Fsp3) is 0.875. The molecule has 0 aliphatic carbocycles. The van der Waals surface area contributed by atoms with Gasteiger partial charge in [0, 0.05) is 12.8 Å². The Kier molecular flexibility index (Phi) is 25.8. The molecule has 212 valence electrons. The van der Waals surface area contributed by atoms with Gasteiger partial charge in [-0.25, -0.2) is 0 Å². The molecule has 0 radical (unpaired) electrons. The first-order valence-electron chi connectivity index (χ1n) is 15.6. The Morgan fingerprint density at radius 2 is 0.917 bits per heavy atom. The van der Waals surface area contributed by atoms with Crippen LogP contribution in [0.5, 0.6) is 0 Å². The molecule has 2 N–H and O–H groups in total. The van der Waals surface area contributed by atoms with Gasteiger partial charge in [0.1, 0.15) is 0 Å². The first-order chi connectivity index (χ1) is 17.5. The highest BCUT2D eigenvalue weighted by Gasteiger charge is 2.14. The molecule has 0 bridgehead atoms. The predicted molar refractivity (Wildman–Crippen MR) is 154 cm³/mol. The van der Waals surface area contributed by atoms with E-state index in [9.17, 15) is 9.59 Å². The number of rotatable bonds is 28. The van der Waals surface area contributed by atoms with E-state index in [2.05, 4.69) is 19.9 Å². The predicted octanol–water partition coefficient (Wildman–Crippen LogP) is 10.5. The van der Waals surface area contributed by atoms with Crippen LogP contribution in [-0.4, -0.2) is 22.2 Å². The molecule has 0 aliphatic heterocycles. The second kappa shape index (κ2) is 26.7. The number of hydrogen-bond donors (Lipinski definition) is 2. The summed E-state index contributed by atoms with van der Waals surface area (Å²) in [6.45, 7) is 4.56. The van der Waals surface area contributed by atoms with Crippen LogP contribution in [0.25, 0.3) is 0 Å². The van der Waals surface area contributed by atoms with Gasteiger partial charge in [-0.15, -0.1) is 0 Å². The molecule has 0 saturated carbocycles. The van der Waals surface area contributed by atoms with Crippen LogP contribution < -0.4 is 0 Å². The molecule has 0 heterocycles. The zero-order valence-electron chi connectivity index (χ0n) is 24.0. The maximum Gasteiger partial charge on any atom is 0.303 e. The fourth-order valence-corrected chi connectivity index (χ4v) is 5.17. The Labute approximate surface area is 223 Å². The van der Waals surface area contributed by atoms with Crippen molar-refractivity contribution in [3.05, 3.63) is 11.6 Å². The molecular weight excluding hydrogens is 448 g/mol. The maximum absolute atomic E-state index is 10.7. The molecule has 36 heavy (non-hydrogen) atoms. The molecule has 4 nitrogen and oxygen atoms in total. The number of allylic oxidation sites excluding steroid dienone is 2. The summed E-state index contributed by atoms with van der Waals surface area (Å²) in [6, 6.07) is 0. The third-order valence-electron chi connectivity index (χ3n) is 7.44. The number of unbranched alkanes of at least 4 members (excludes halogenated alkanes) is 16. The van der Waals surface area contributed by atoms with Crippen molar-refractivity contribution >= 4 is 11.9 Å². The largest absolute Gasteiger partial charge is 0.481 e. The molecule has 0 aromatic carbocycles. The lowest BCUT2D eigenvalue weighted by molar-refractivity contribution is -0.138. The lowest BCUT2D eigenvalue weighted by Gasteiger charge is -2.22. The molecule has 0 rings (SSSR count). The summed E-state index contributed by atoms with van der Waals surface area (Å²) in [5.41, 5.74) is 1.70.